The van der Waals surface area contributed by atoms with Crippen molar-refractivity contribution in [2.75, 3.05) is 6.54 Å². The third-order valence-electron chi connectivity index (χ3n) is 3.65. The first-order chi connectivity index (χ1) is 8.95. The normalized spacial score (nSPS) is 17.6. The molecule has 0 saturated heterocycles. The number of carboxylic acid groups (broad SMARTS) is 1. The van der Waals surface area contributed by atoms with Gasteiger partial charge >= 0.3 is 12.0 Å². The molecule has 1 rings (SSSR count). The van der Waals surface area contributed by atoms with Crippen LogP contribution < -0.4 is 5.32 Å². The van der Waals surface area contributed by atoms with Gasteiger partial charge in [-0.3, -0.25) is 4.79 Å². The van der Waals surface area contributed by atoms with Gasteiger partial charge in [-0.15, -0.1) is 0 Å². The summed E-state index contributed by atoms with van der Waals surface area (Å²) < 4.78 is 0. The van der Waals surface area contributed by atoms with Crippen LogP contribution in [0, 0.1) is 5.92 Å². The Kier molecular flexibility index (Phi) is 6.12. The van der Waals surface area contributed by atoms with Crippen LogP contribution in [0.4, 0.5) is 4.79 Å². The lowest BCUT2D eigenvalue weighted by Crippen LogP contribution is -2.44. The maximum absolute atomic E-state index is 12.0. The zero-order chi connectivity index (χ0) is 14.4. The molecule has 0 aliphatic heterocycles. The highest BCUT2D eigenvalue weighted by molar-refractivity contribution is 5.75. The van der Waals surface area contributed by atoms with Crippen LogP contribution in [0.2, 0.25) is 0 Å². The highest BCUT2D eigenvalue weighted by Gasteiger charge is 2.31. The summed E-state index contributed by atoms with van der Waals surface area (Å²) >= 11 is 0. The predicted octanol–water partition coefficient (Wildman–Crippen LogP) is 2.46. The average Bonchev–Trinajstić information content (AvgIpc) is 3.13. The van der Waals surface area contributed by atoms with Crippen LogP contribution in [0.3, 0.4) is 0 Å². The average molecular weight is 270 g/mol. The van der Waals surface area contributed by atoms with Crippen molar-refractivity contribution >= 4 is 12.0 Å². The Balaban J connectivity index is 2.20. The zero-order valence-electron chi connectivity index (χ0n) is 12.2. The summed E-state index contributed by atoms with van der Waals surface area (Å²) in [6.07, 6.45) is 4.54. The molecule has 5 nitrogen and oxygen atoms in total. The van der Waals surface area contributed by atoms with Gasteiger partial charge in [-0.1, -0.05) is 13.3 Å². The zero-order valence-corrected chi connectivity index (χ0v) is 12.2. The van der Waals surface area contributed by atoms with E-state index in [-0.39, 0.29) is 18.0 Å². The van der Waals surface area contributed by atoms with Gasteiger partial charge in [0.15, 0.2) is 0 Å². The fraction of sp³-hybridized carbons (Fsp3) is 0.857. The first-order valence-electron chi connectivity index (χ1n) is 7.25. The number of rotatable bonds is 8. The van der Waals surface area contributed by atoms with Crippen molar-refractivity contribution in [3.05, 3.63) is 0 Å². The van der Waals surface area contributed by atoms with E-state index in [1.54, 1.807) is 6.92 Å². The fourth-order valence-electron chi connectivity index (χ4n) is 2.17. The first kappa shape index (κ1) is 15.8. The van der Waals surface area contributed by atoms with E-state index < -0.39 is 5.97 Å². The van der Waals surface area contributed by atoms with Crippen LogP contribution >= 0.6 is 0 Å². The van der Waals surface area contributed by atoms with Gasteiger partial charge in [0.2, 0.25) is 0 Å². The highest BCUT2D eigenvalue weighted by Crippen LogP contribution is 2.26. The smallest absolute Gasteiger partial charge is 0.317 e. The SMILES string of the molecule is CCN(C(=O)NC(C)CCCC(C)C(=O)O)C1CC1. The molecule has 0 spiro atoms. The third kappa shape index (κ3) is 5.49. The summed E-state index contributed by atoms with van der Waals surface area (Å²) in [5, 5.41) is 11.8. The molecule has 0 bridgehead atoms. The number of carboxylic acids is 1. The van der Waals surface area contributed by atoms with Crippen LogP contribution in [0.25, 0.3) is 0 Å². The van der Waals surface area contributed by atoms with Crippen LogP contribution in [-0.4, -0.2) is 40.6 Å². The Morgan fingerprint density at radius 3 is 2.42 bits per heavy atom. The molecule has 0 aromatic heterocycles. The Bertz CT molecular complexity index is 316. The van der Waals surface area contributed by atoms with Gasteiger partial charge in [0.1, 0.15) is 0 Å². The summed E-state index contributed by atoms with van der Waals surface area (Å²) in [5.41, 5.74) is 0. The number of urea groups is 1. The molecule has 19 heavy (non-hydrogen) atoms. The number of nitrogens with one attached hydrogen (secondary N) is 1. The number of amides is 2. The molecule has 0 heterocycles. The van der Waals surface area contributed by atoms with Crippen molar-refractivity contribution in [2.45, 2.75) is 65.0 Å². The summed E-state index contributed by atoms with van der Waals surface area (Å²) in [4.78, 5) is 24.6. The highest BCUT2D eigenvalue weighted by atomic mass is 16.4. The minimum Gasteiger partial charge on any atom is -0.481 e. The van der Waals surface area contributed by atoms with Gasteiger partial charge in [0.05, 0.1) is 5.92 Å². The Labute approximate surface area is 115 Å². The number of aliphatic carboxylic acids is 1. The molecule has 2 amide bonds. The quantitative estimate of drug-likeness (QED) is 0.712. The second kappa shape index (κ2) is 7.36. The molecule has 110 valence electrons. The van der Waals surface area contributed by atoms with Crippen LogP contribution in [0.1, 0.15) is 52.9 Å². The minimum atomic E-state index is -0.748. The van der Waals surface area contributed by atoms with E-state index in [4.69, 9.17) is 5.11 Å². The lowest BCUT2D eigenvalue weighted by molar-refractivity contribution is -0.141. The summed E-state index contributed by atoms with van der Waals surface area (Å²) in [7, 11) is 0. The molecule has 5 heteroatoms. The number of nitrogens with zero attached hydrogens (tertiary/aromatic N) is 1. The first-order valence-corrected chi connectivity index (χ1v) is 7.25. The van der Waals surface area contributed by atoms with Gasteiger partial charge in [-0.2, -0.15) is 0 Å². The Morgan fingerprint density at radius 1 is 1.32 bits per heavy atom. The molecule has 0 radical (unpaired) electrons. The lowest BCUT2D eigenvalue weighted by Gasteiger charge is -2.23. The Morgan fingerprint density at radius 2 is 1.95 bits per heavy atom. The van der Waals surface area contributed by atoms with Crippen LogP contribution in [0.5, 0.6) is 0 Å². The van der Waals surface area contributed by atoms with E-state index in [1.165, 1.54) is 0 Å². The molecule has 1 saturated carbocycles. The molecular weight excluding hydrogens is 244 g/mol. The lowest BCUT2D eigenvalue weighted by atomic mass is 10.0. The minimum absolute atomic E-state index is 0.0174. The van der Waals surface area contributed by atoms with Gasteiger partial charge in [-0.25, -0.2) is 4.79 Å². The van der Waals surface area contributed by atoms with Crippen molar-refractivity contribution in [2.24, 2.45) is 5.92 Å². The van der Waals surface area contributed by atoms with E-state index in [2.05, 4.69) is 5.32 Å². The van der Waals surface area contributed by atoms with E-state index in [0.717, 1.165) is 32.2 Å². The topological polar surface area (TPSA) is 69.6 Å². The second-order valence-electron chi connectivity index (χ2n) is 5.54. The second-order valence-corrected chi connectivity index (χ2v) is 5.54. The summed E-state index contributed by atoms with van der Waals surface area (Å²) in [5.74, 6) is -1.05. The maximum atomic E-state index is 12.0. The molecule has 0 aromatic rings. The number of carbonyl (C=O) groups is 2. The third-order valence-corrected chi connectivity index (χ3v) is 3.65. The van der Waals surface area contributed by atoms with Crippen molar-refractivity contribution in [1.29, 1.82) is 0 Å². The molecule has 1 fully saturated rings. The van der Waals surface area contributed by atoms with E-state index >= 15 is 0 Å². The van der Waals surface area contributed by atoms with Gasteiger partial charge in [-0.05, 0) is 39.5 Å². The van der Waals surface area contributed by atoms with Crippen molar-refractivity contribution in [3.63, 3.8) is 0 Å². The van der Waals surface area contributed by atoms with Crippen molar-refractivity contribution in [3.8, 4) is 0 Å². The summed E-state index contributed by atoms with van der Waals surface area (Å²) in [6, 6.07) is 0.550. The van der Waals surface area contributed by atoms with Gasteiger partial charge in [0, 0.05) is 18.6 Å². The molecule has 0 aromatic carbocycles. The van der Waals surface area contributed by atoms with Gasteiger partial charge in [0.25, 0.3) is 0 Å². The predicted molar refractivity (Wildman–Crippen MR) is 74.0 cm³/mol. The van der Waals surface area contributed by atoms with Gasteiger partial charge < -0.3 is 15.3 Å². The molecule has 2 N–H and O–H groups in total. The molecule has 2 unspecified atom stereocenters. The van der Waals surface area contributed by atoms with Crippen molar-refractivity contribution in [1.82, 2.24) is 10.2 Å². The van der Waals surface area contributed by atoms with E-state index in [1.807, 2.05) is 18.7 Å². The molecule has 2 atom stereocenters. The Hall–Kier alpha value is -1.26. The standard InChI is InChI=1S/C14H26N2O3/c1-4-16(12-8-9-12)14(19)15-11(3)7-5-6-10(2)13(17)18/h10-12H,4-9H2,1-3H3,(H,15,19)(H,17,18). The largest absolute Gasteiger partial charge is 0.481 e. The van der Waals surface area contributed by atoms with Crippen LogP contribution in [0.15, 0.2) is 0 Å². The maximum Gasteiger partial charge on any atom is 0.317 e. The van der Waals surface area contributed by atoms with E-state index in [9.17, 15) is 9.59 Å². The molecular formula is C14H26N2O3. The fourth-order valence-corrected chi connectivity index (χ4v) is 2.17. The number of carbonyl (C=O) groups excluding carboxylic acids is 1. The number of hydrogen-bond donors (Lipinski definition) is 2. The molecule has 1 aliphatic carbocycles. The number of hydrogen-bond acceptors (Lipinski definition) is 2. The summed E-state index contributed by atoms with van der Waals surface area (Å²) in [6.45, 7) is 6.44. The molecule has 1 aliphatic rings. The van der Waals surface area contributed by atoms with E-state index in [0.29, 0.717) is 12.5 Å². The van der Waals surface area contributed by atoms with Crippen LogP contribution in [-0.2, 0) is 4.79 Å². The van der Waals surface area contributed by atoms with Crippen molar-refractivity contribution < 1.29 is 14.7 Å². The monoisotopic (exact) mass is 270 g/mol.